The van der Waals surface area contributed by atoms with Gasteiger partial charge in [-0.1, -0.05) is 60.7 Å². The van der Waals surface area contributed by atoms with Gasteiger partial charge in [0, 0.05) is 12.0 Å². The minimum Gasteiger partial charge on any atom is -0.481 e. The second-order valence-electron chi connectivity index (χ2n) is 8.24. The molecular weight excluding hydrogens is 408 g/mol. The molecule has 2 amide bonds. The number of ether oxygens (including phenoxy) is 1. The summed E-state index contributed by atoms with van der Waals surface area (Å²) in [4.78, 5) is 36.0. The predicted molar refractivity (Wildman–Crippen MR) is 119 cm³/mol. The Morgan fingerprint density at radius 1 is 1.06 bits per heavy atom. The molecule has 0 unspecified atom stereocenters. The van der Waals surface area contributed by atoms with Crippen molar-refractivity contribution in [3.63, 3.8) is 0 Å². The number of fused-ring (bicyclic) bond motifs is 3. The molecule has 3 N–H and O–H groups in total. The van der Waals surface area contributed by atoms with Crippen molar-refractivity contribution in [1.29, 1.82) is 0 Å². The van der Waals surface area contributed by atoms with E-state index in [0.29, 0.717) is 12.8 Å². The first-order valence-electron chi connectivity index (χ1n) is 10.8. The first kappa shape index (κ1) is 21.6. The van der Waals surface area contributed by atoms with Gasteiger partial charge in [0.25, 0.3) is 0 Å². The number of allylic oxidation sites excluding steroid dienone is 1. The van der Waals surface area contributed by atoms with Crippen LogP contribution in [0.2, 0.25) is 0 Å². The smallest absolute Gasteiger partial charge is 0.407 e. The van der Waals surface area contributed by atoms with Crippen molar-refractivity contribution in [1.82, 2.24) is 10.6 Å². The van der Waals surface area contributed by atoms with Crippen LogP contribution in [0.25, 0.3) is 11.1 Å². The number of carbonyl (C=O) groups excluding carboxylic acids is 2. The molecule has 0 heterocycles. The molecule has 32 heavy (non-hydrogen) atoms. The van der Waals surface area contributed by atoms with Crippen LogP contribution in [-0.2, 0) is 14.3 Å². The van der Waals surface area contributed by atoms with Gasteiger partial charge in [-0.25, -0.2) is 4.79 Å². The Morgan fingerprint density at radius 3 is 2.31 bits per heavy atom. The molecule has 0 saturated heterocycles. The molecule has 7 nitrogen and oxygen atoms in total. The molecule has 0 saturated carbocycles. The molecule has 0 spiro atoms. The van der Waals surface area contributed by atoms with Gasteiger partial charge in [0.1, 0.15) is 12.6 Å². The van der Waals surface area contributed by atoms with Crippen molar-refractivity contribution < 1.29 is 24.2 Å². The van der Waals surface area contributed by atoms with Crippen LogP contribution in [0, 0.1) is 5.92 Å². The average molecular weight is 434 g/mol. The number of rotatable bonds is 6. The number of benzene rings is 2. The maximum absolute atomic E-state index is 12.4. The van der Waals surface area contributed by atoms with Crippen molar-refractivity contribution in [2.75, 3.05) is 6.61 Å². The minimum atomic E-state index is -0.876. The highest BCUT2D eigenvalue weighted by Crippen LogP contribution is 2.44. The third-order valence-electron chi connectivity index (χ3n) is 6.08. The second kappa shape index (κ2) is 9.26. The molecule has 0 radical (unpaired) electrons. The summed E-state index contributed by atoms with van der Waals surface area (Å²) in [5.41, 5.74) is 4.52. The van der Waals surface area contributed by atoms with E-state index in [1.165, 1.54) is 0 Å². The van der Waals surface area contributed by atoms with Crippen molar-refractivity contribution in [2.24, 2.45) is 5.92 Å². The van der Waals surface area contributed by atoms with Gasteiger partial charge >= 0.3 is 12.1 Å². The van der Waals surface area contributed by atoms with Crippen molar-refractivity contribution in [3.8, 4) is 11.1 Å². The van der Waals surface area contributed by atoms with Crippen molar-refractivity contribution in [3.05, 3.63) is 71.8 Å². The number of carboxylic acid groups (broad SMARTS) is 1. The largest absolute Gasteiger partial charge is 0.481 e. The summed E-state index contributed by atoms with van der Waals surface area (Å²) < 4.78 is 5.48. The maximum atomic E-state index is 12.4. The minimum absolute atomic E-state index is 0.0578. The van der Waals surface area contributed by atoms with Crippen LogP contribution in [-0.4, -0.2) is 41.8 Å². The summed E-state index contributed by atoms with van der Waals surface area (Å²) in [6.07, 6.45) is 3.66. The Balaban J connectivity index is 1.31. The lowest BCUT2D eigenvalue weighted by atomic mass is 9.91. The van der Waals surface area contributed by atoms with Gasteiger partial charge < -0.3 is 20.5 Å². The highest BCUT2D eigenvalue weighted by Gasteiger charge is 2.30. The van der Waals surface area contributed by atoms with Crippen LogP contribution in [0.15, 0.2) is 60.7 Å². The Bertz CT molecular complexity index is 1020. The molecule has 0 aliphatic heterocycles. The third-order valence-corrected chi connectivity index (χ3v) is 6.08. The van der Waals surface area contributed by atoms with E-state index in [4.69, 9.17) is 9.84 Å². The molecule has 7 heteroatoms. The number of aliphatic carboxylic acids is 1. The average Bonchev–Trinajstić information content (AvgIpc) is 3.11. The number of nitrogens with one attached hydrogen (secondary N) is 2. The third kappa shape index (κ3) is 4.51. The summed E-state index contributed by atoms with van der Waals surface area (Å²) in [6.45, 7) is 1.73. The molecule has 0 bridgehead atoms. The lowest BCUT2D eigenvalue weighted by molar-refractivity contribution is -0.142. The molecule has 166 valence electrons. The van der Waals surface area contributed by atoms with Gasteiger partial charge in [0.15, 0.2) is 0 Å². The zero-order chi connectivity index (χ0) is 22.7. The number of hydrogen-bond donors (Lipinski definition) is 3. The summed E-state index contributed by atoms with van der Waals surface area (Å²) in [6, 6.07) is 15.0. The Kier molecular flexibility index (Phi) is 6.25. The quantitative estimate of drug-likeness (QED) is 0.604. The lowest BCUT2D eigenvalue weighted by Crippen LogP contribution is -2.48. The molecule has 2 aliphatic carbocycles. The zero-order valence-electron chi connectivity index (χ0n) is 17.8. The molecular formula is C25H26N2O5. The van der Waals surface area contributed by atoms with E-state index in [1.807, 2.05) is 36.4 Å². The SMILES string of the molecule is C[C@H](NC(=O)OCC1c2ccccc2-c2ccccc21)C(=O)N[C@H]1C=CC[C@H](C(=O)O)C1. The summed E-state index contributed by atoms with van der Waals surface area (Å²) in [7, 11) is 0. The van der Waals surface area contributed by atoms with E-state index in [2.05, 4.69) is 22.8 Å². The number of hydrogen-bond acceptors (Lipinski definition) is 4. The van der Waals surface area contributed by atoms with Gasteiger partial charge in [-0.2, -0.15) is 0 Å². The van der Waals surface area contributed by atoms with E-state index in [0.717, 1.165) is 22.3 Å². The van der Waals surface area contributed by atoms with E-state index >= 15 is 0 Å². The Labute approximate surface area is 186 Å². The summed E-state index contributed by atoms with van der Waals surface area (Å²) in [5.74, 6) is -1.84. The standard InChI is InChI=1S/C25H26N2O5/c1-15(23(28)27-17-8-6-7-16(13-17)24(29)30)26-25(31)32-14-22-20-11-4-2-9-18(20)19-10-3-5-12-21(19)22/h2-6,8-12,15-17,22H,7,13-14H2,1H3,(H,26,31)(H,27,28)(H,29,30)/t15-,16-,17-/m0/s1. The lowest BCUT2D eigenvalue weighted by Gasteiger charge is -2.24. The number of alkyl carbamates (subject to hydrolysis) is 1. The van der Waals surface area contributed by atoms with Crippen LogP contribution >= 0.6 is 0 Å². The number of carbonyl (C=O) groups is 3. The maximum Gasteiger partial charge on any atom is 0.407 e. The van der Waals surface area contributed by atoms with Crippen molar-refractivity contribution in [2.45, 2.75) is 37.8 Å². The molecule has 2 aliphatic rings. The molecule has 0 aromatic heterocycles. The van der Waals surface area contributed by atoms with E-state index < -0.39 is 24.0 Å². The summed E-state index contributed by atoms with van der Waals surface area (Å²) >= 11 is 0. The molecule has 3 atom stereocenters. The molecule has 2 aromatic carbocycles. The highest BCUT2D eigenvalue weighted by atomic mass is 16.5. The Hall–Kier alpha value is -3.61. The van der Waals surface area contributed by atoms with Gasteiger partial charge in [-0.05, 0) is 42.0 Å². The van der Waals surface area contributed by atoms with Gasteiger partial charge in [0.2, 0.25) is 5.91 Å². The fourth-order valence-corrected chi connectivity index (χ4v) is 4.39. The van der Waals surface area contributed by atoms with Crippen molar-refractivity contribution >= 4 is 18.0 Å². The zero-order valence-corrected chi connectivity index (χ0v) is 17.8. The van der Waals surface area contributed by atoms with Gasteiger partial charge in [0.05, 0.1) is 5.92 Å². The number of amides is 2. The molecule has 4 rings (SSSR count). The van der Waals surface area contributed by atoms with Gasteiger partial charge in [-0.15, -0.1) is 0 Å². The molecule has 2 aromatic rings. The van der Waals surface area contributed by atoms with E-state index in [9.17, 15) is 14.4 Å². The summed E-state index contributed by atoms with van der Waals surface area (Å²) in [5, 5.41) is 14.5. The monoisotopic (exact) mass is 434 g/mol. The normalized spacial score (nSPS) is 20.0. The first-order valence-corrected chi connectivity index (χ1v) is 10.8. The fourth-order valence-electron chi connectivity index (χ4n) is 4.39. The molecule has 0 fully saturated rings. The van der Waals surface area contributed by atoms with Crippen LogP contribution in [0.1, 0.15) is 36.8 Å². The first-order chi connectivity index (χ1) is 15.4. The topological polar surface area (TPSA) is 105 Å². The van der Waals surface area contributed by atoms with Gasteiger partial charge in [-0.3, -0.25) is 9.59 Å². The Morgan fingerprint density at radius 2 is 1.69 bits per heavy atom. The predicted octanol–water partition coefficient (Wildman–Crippen LogP) is 3.45. The van der Waals surface area contributed by atoms with Crippen LogP contribution in [0.3, 0.4) is 0 Å². The fraction of sp³-hybridized carbons (Fsp3) is 0.320. The van der Waals surface area contributed by atoms with E-state index in [1.54, 1.807) is 19.1 Å². The van der Waals surface area contributed by atoms with Crippen LogP contribution in [0.5, 0.6) is 0 Å². The number of carboxylic acids is 1. The van der Waals surface area contributed by atoms with E-state index in [-0.39, 0.29) is 24.5 Å². The van der Waals surface area contributed by atoms with Crippen LogP contribution in [0.4, 0.5) is 4.79 Å². The second-order valence-corrected chi connectivity index (χ2v) is 8.24. The highest BCUT2D eigenvalue weighted by molar-refractivity contribution is 5.86. The van der Waals surface area contributed by atoms with Crippen LogP contribution < -0.4 is 10.6 Å².